The molecule has 2 rings (SSSR count). The third-order valence-corrected chi connectivity index (χ3v) is 4.53. The van der Waals surface area contributed by atoms with Gasteiger partial charge in [0.05, 0.1) is 5.75 Å². The second kappa shape index (κ2) is 8.82. The molecule has 0 saturated heterocycles. The van der Waals surface area contributed by atoms with Crippen LogP contribution in [0.25, 0.3) is 0 Å². The predicted molar refractivity (Wildman–Crippen MR) is 101 cm³/mol. The Morgan fingerprint density at radius 1 is 0.923 bits per heavy atom. The molecule has 0 aromatic heterocycles. The van der Waals surface area contributed by atoms with Crippen molar-refractivity contribution in [1.82, 2.24) is 10.6 Å². The summed E-state index contributed by atoms with van der Waals surface area (Å²) >= 11 is 5.77. The molecule has 0 spiro atoms. The predicted octanol–water partition coefficient (Wildman–Crippen LogP) is 2.04. The van der Waals surface area contributed by atoms with Crippen molar-refractivity contribution in [2.24, 2.45) is 0 Å². The SMILES string of the molecule is CS(=O)(=O)Cc1cccc(C(=O)NCCNC(=O)c2ccc(Cl)cc2)c1. The molecule has 0 saturated carbocycles. The summed E-state index contributed by atoms with van der Waals surface area (Å²) in [6, 6.07) is 12.9. The molecule has 0 atom stereocenters. The highest BCUT2D eigenvalue weighted by atomic mass is 35.5. The molecular weight excluding hydrogens is 376 g/mol. The maximum absolute atomic E-state index is 12.1. The molecule has 0 aliphatic rings. The average Bonchev–Trinajstić information content (AvgIpc) is 2.57. The normalized spacial score (nSPS) is 11.0. The molecule has 0 fully saturated rings. The van der Waals surface area contributed by atoms with Crippen LogP contribution in [0.15, 0.2) is 48.5 Å². The number of benzene rings is 2. The van der Waals surface area contributed by atoms with Crippen molar-refractivity contribution in [3.05, 3.63) is 70.2 Å². The number of amides is 2. The molecule has 8 heteroatoms. The maximum atomic E-state index is 12.1. The van der Waals surface area contributed by atoms with Gasteiger partial charge in [0.1, 0.15) is 0 Å². The van der Waals surface area contributed by atoms with Gasteiger partial charge < -0.3 is 10.6 Å². The summed E-state index contributed by atoms with van der Waals surface area (Å²) in [6.07, 6.45) is 1.14. The van der Waals surface area contributed by atoms with E-state index in [4.69, 9.17) is 11.6 Å². The Labute approximate surface area is 157 Å². The number of hydrogen-bond acceptors (Lipinski definition) is 4. The van der Waals surface area contributed by atoms with Gasteiger partial charge in [0.2, 0.25) is 0 Å². The average molecular weight is 395 g/mol. The van der Waals surface area contributed by atoms with Crippen LogP contribution < -0.4 is 10.6 Å². The lowest BCUT2D eigenvalue weighted by atomic mass is 10.1. The highest BCUT2D eigenvalue weighted by Gasteiger charge is 2.10. The van der Waals surface area contributed by atoms with Gasteiger partial charge in [-0.05, 0) is 42.0 Å². The van der Waals surface area contributed by atoms with Crippen molar-refractivity contribution in [2.45, 2.75) is 5.75 Å². The molecule has 2 amide bonds. The van der Waals surface area contributed by atoms with Crippen LogP contribution >= 0.6 is 11.6 Å². The highest BCUT2D eigenvalue weighted by Crippen LogP contribution is 2.10. The van der Waals surface area contributed by atoms with Gasteiger partial charge in [0.15, 0.2) is 9.84 Å². The Morgan fingerprint density at radius 2 is 1.50 bits per heavy atom. The molecule has 0 unspecified atom stereocenters. The Kier molecular flexibility index (Phi) is 6.76. The summed E-state index contributed by atoms with van der Waals surface area (Å²) in [5.41, 5.74) is 1.40. The van der Waals surface area contributed by atoms with Gasteiger partial charge in [0, 0.05) is 35.5 Å². The largest absolute Gasteiger partial charge is 0.350 e. The van der Waals surface area contributed by atoms with E-state index in [2.05, 4.69) is 10.6 Å². The lowest BCUT2D eigenvalue weighted by molar-refractivity contribution is 0.0927. The van der Waals surface area contributed by atoms with Gasteiger partial charge in [-0.15, -0.1) is 0 Å². The van der Waals surface area contributed by atoms with E-state index < -0.39 is 9.84 Å². The summed E-state index contributed by atoms with van der Waals surface area (Å²) in [5, 5.41) is 5.92. The van der Waals surface area contributed by atoms with E-state index in [-0.39, 0.29) is 30.7 Å². The third-order valence-electron chi connectivity index (χ3n) is 3.42. The van der Waals surface area contributed by atoms with Gasteiger partial charge in [-0.3, -0.25) is 9.59 Å². The first-order chi connectivity index (χ1) is 12.2. The number of rotatable bonds is 7. The van der Waals surface area contributed by atoms with E-state index in [0.29, 0.717) is 21.7 Å². The fraction of sp³-hybridized carbons (Fsp3) is 0.222. The fourth-order valence-electron chi connectivity index (χ4n) is 2.26. The van der Waals surface area contributed by atoms with Crippen molar-refractivity contribution in [3.63, 3.8) is 0 Å². The van der Waals surface area contributed by atoms with E-state index in [9.17, 15) is 18.0 Å². The van der Waals surface area contributed by atoms with Crippen molar-refractivity contribution in [2.75, 3.05) is 19.3 Å². The van der Waals surface area contributed by atoms with Gasteiger partial charge in [0.25, 0.3) is 11.8 Å². The Bertz CT molecular complexity index is 896. The van der Waals surface area contributed by atoms with Crippen LogP contribution in [0.2, 0.25) is 5.02 Å². The highest BCUT2D eigenvalue weighted by molar-refractivity contribution is 7.89. The zero-order valence-electron chi connectivity index (χ0n) is 14.2. The van der Waals surface area contributed by atoms with Crippen LogP contribution in [0.1, 0.15) is 26.3 Å². The molecule has 26 heavy (non-hydrogen) atoms. The number of carbonyl (C=O) groups excluding carboxylic acids is 2. The number of hydrogen-bond donors (Lipinski definition) is 2. The number of halogens is 1. The van der Waals surface area contributed by atoms with Crippen LogP contribution in [0.3, 0.4) is 0 Å². The van der Waals surface area contributed by atoms with Crippen LogP contribution in [-0.2, 0) is 15.6 Å². The van der Waals surface area contributed by atoms with Gasteiger partial charge >= 0.3 is 0 Å². The minimum Gasteiger partial charge on any atom is -0.350 e. The van der Waals surface area contributed by atoms with E-state index in [0.717, 1.165) is 6.26 Å². The zero-order valence-corrected chi connectivity index (χ0v) is 15.7. The molecule has 0 heterocycles. The molecule has 0 radical (unpaired) electrons. The van der Waals surface area contributed by atoms with Gasteiger partial charge in [-0.1, -0.05) is 23.7 Å². The Morgan fingerprint density at radius 3 is 2.08 bits per heavy atom. The number of carbonyl (C=O) groups is 2. The Hall–Kier alpha value is -2.38. The summed E-state index contributed by atoms with van der Waals surface area (Å²) in [5.74, 6) is -0.710. The first-order valence-corrected chi connectivity index (χ1v) is 10.3. The van der Waals surface area contributed by atoms with Crippen molar-refractivity contribution in [3.8, 4) is 0 Å². The number of nitrogens with one attached hydrogen (secondary N) is 2. The third kappa shape index (κ3) is 6.50. The smallest absolute Gasteiger partial charge is 0.251 e. The Balaban J connectivity index is 1.82. The quantitative estimate of drug-likeness (QED) is 0.703. The molecule has 0 aliphatic carbocycles. The van der Waals surface area contributed by atoms with Crippen molar-refractivity contribution in [1.29, 1.82) is 0 Å². The standard InChI is InChI=1S/C18H19ClN2O4S/c1-26(24,25)12-13-3-2-4-15(11-13)18(23)21-10-9-20-17(22)14-5-7-16(19)8-6-14/h2-8,11H,9-10,12H2,1H3,(H,20,22)(H,21,23). The second-order valence-corrected chi connectivity index (χ2v) is 8.37. The minimum atomic E-state index is -3.17. The van der Waals surface area contributed by atoms with Crippen LogP contribution in [0, 0.1) is 0 Å². The molecule has 2 aromatic carbocycles. The van der Waals surface area contributed by atoms with E-state index in [1.54, 1.807) is 48.5 Å². The second-order valence-electron chi connectivity index (χ2n) is 5.79. The van der Waals surface area contributed by atoms with E-state index in [1.807, 2.05) is 0 Å². The summed E-state index contributed by atoms with van der Waals surface area (Å²) < 4.78 is 22.7. The zero-order chi connectivity index (χ0) is 19.2. The summed E-state index contributed by atoms with van der Waals surface area (Å²) in [4.78, 5) is 24.1. The van der Waals surface area contributed by atoms with Crippen molar-refractivity contribution >= 4 is 33.3 Å². The first-order valence-electron chi connectivity index (χ1n) is 7.83. The molecular formula is C18H19ClN2O4S. The molecule has 6 nitrogen and oxygen atoms in total. The summed E-state index contributed by atoms with van der Waals surface area (Å²) in [7, 11) is -3.17. The topological polar surface area (TPSA) is 92.3 Å². The monoisotopic (exact) mass is 394 g/mol. The first kappa shape index (κ1) is 19.9. The molecule has 138 valence electrons. The fourth-order valence-corrected chi connectivity index (χ4v) is 3.17. The van der Waals surface area contributed by atoms with Gasteiger partial charge in [-0.2, -0.15) is 0 Å². The molecule has 2 aromatic rings. The van der Waals surface area contributed by atoms with Crippen LogP contribution in [0.5, 0.6) is 0 Å². The molecule has 0 aliphatic heterocycles. The maximum Gasteiger partial charge on any atom is 0.251 e. The molecule has 0 bridgehead atoms. The van der Waals surface area contributed by atoms with E-state index in [1.165, 1.54) is 0 Å². The lowest BCUT2D eigenvalue weighted by Gasteiger charge is -2.08. The van der Waals surface area contributed by atoms with Crippen LogP contribution in [-0.4, -0.2) is 39.6 Å². The van der Waals surface area contributed by atoms with Crippen molar-refractivity contribution < 1.29 is 18.0 Å². The van der Waals surface area contributed by atoms with Crippen LogP contribution in [0.4, 0.5) is 0 Å². The van der Waals surface area contributed by atoms with E-state index >= 15 is 0 Å². The minimum absolute atomic E-state index is 0.120. The number of sulfone groups is 1. The summed E-state index contributed by atoms with van der Waals surface area (Å²) in [6.45, 7) is 0.505. The molecule has 2 N–H and O–H groups in total. The van der Waals surface area contributed by atoms with Gasteiger partial charge in [-0.25, -0.2) is 8.42 Å². The lowest BCUT2D eigenvalue weighted by Crippen LogP contribution is -2.34.